The normalized spacial score (nSPS) is 11.2. The highest BCUT2D eigenvalue weighted by Gasteiger charge is 2.11. The van der Waals surface area contributed by atoms with Gasteiger partial charge in [-0.25, -0.2) is 4.98 Å². The van der Waals surface area contributed by atoms with Crippen LogP contribution in [0.1, 0.15) is 0 Å². The molecule has 0 fully saturated rings. The number of hydrogen-bond donors (Lipinski definition) is 2. The molecule has 0 saturated carbocycles. The standard InChI is InChI=1S/C12H9N5OS/c18-11-10(15-17-12-13-6-7-19-12)9(14-16-11)8-4-2-1-3-5-8/h1-7H,(H2,14,16,18). The Labute approximate surface area is 111 Å². The summed E-state index contributed by atoms with van der Waals surface area (Å²) in [5, 5.41) is 15.6. The zero-order valence-corrected chi connectivity index (χ0v) is 10.5. The minimum absolute atomic E-state index is 0.251. The average molecular weight is 271 g/mol. The van der Waals surface area contributed by atoms with E-state index in [1.54, 1.807) is 11.6 Å². The molecule has 0 radical (unpaired) electrons. The zero-order valence-electron chi connectivity index (χ0n) is 9.70. The number of aromatic nitrogens is 3. The molecule has 94 valence electrons. The predicted octanol–water partition coefficient (Wildman–Crippen LogP) is 3.24. The lowest BCUT2D eigenvalue weighted by Crippen LogP contribution is -1.96. The van der Waals surface area contributed by atoms with Gasteiger partial charge < -0.3 is 0 Å². The second-order valence-corrected chi connectivity index (χ2v) is 4.56. The van der Waals surface area contributed by atoms with E-state index in [-0.39, 0.29) is 11.2 Å². The number of aromatic amines is 2. The molecule has 0 bridgehead atoms. The highest BCUT2D eigenvalue weighted by Crippen LogP contribution is 2.26. The van der Waals surface area contributed by atoms with E-state index >= 15 is 0 Å². The second kappa shape index (κ2) is 4.99. The number of benzene rings is 1. The molecule has 3 aromatic rings. The third-order valence-electron chi connectivity index (χ3n) is 2.47. The minimum atomic E-state index is -0.306. The van der Waals surface area contributed by atoms with Crippen LogP contribution in [0.3, 0.4) is 0 Å². The largest absolute Gasteiger partial charge is 0.295 e. The van der Waals surface area contributed by atoms with Gasteiger partial charge in [0, 0.05) is 17.1 Å². The maximum absolute atomic E-state index is 11.7. The number of nitrogens with zero attached hydrogens (tertiary/aromatic N) is 3. The van der Waals surface area contributed by atoms with Gasteiger partial charge in [-0.1, -0.05) is 30.3 Å². The molecule has 6 nitrogen and oxygen atoms in total. The fourth-order valence-corrected chi connectivity index (χ4v) is 2.07. The molecule has 19 heavy (non-hydrogen) atoms. The fourth-order valence-electron chi connectivity index (χ4n) is 1.62. The molecule has 0 spiro atoms. The topological polar surface area (TPSA) is 86.3 Å². The number of rotatable bonds is 3. The number of H-pyrrole nitrogens is 2. The summed E-state index contributed by atoms with van der Waals surface area (Å²) in [6, 6.07) is 9.47. The minimum Gasteiger partial charge on any atom is -0.295 e. The lowest BCUT2D eigenvalue weighted by molar-refractivity contribution is 1.06. The van der Waals surface area contributed by atoms with E-state index in [9.17, 15) is 4.79 Å². The molecule has 3 rings (SSSR count). The molecule has 0 atom stereocenters. The molecule has 1 aromatic carbocycles. The van der Waals surface area contributed by atoms with Crippen molar-refractivity contribution >= 4 is 22.2 Å². The van der Waals surface area contributed by atoms with E-state index in [0.29, 0.717) is 10.8 Å². The van der Waals surface area contributed by atoms with Crippen LogP contribution >= 0.6 is 11.3 Å². The van der Waals surface area contributed by atoms with Crippen LogP contribution in [0.15, 0.2) is 56.9 Å². The maximum atomic E-state index is 11.7. The van der Waals surface area contributed by atoms with Crippen LogP contribution in [-0.2, 0) is 0 Å². The predicted molar refractivity (Wildman–Crippen MR) is 73.1 cm³/mol. The highest BCUT2D eigenvalue weighted by molar-refractivity contribution is 7.13. The van der Waals surface area contributed by atoms with Crippen molar-refractivity contribution in [2.45, 2.75) is 0 Å². The molecule has 2 aromatic heterocycles. The molecule has 2 heterocycles. The van der Waals surface area contributed by atoms with Gasteiger partial charge in [0.25, 0.3) is 5.56 Å². The van der Waals surface area contributed by atoms with Crippen molar-refractivity contribution in [3.8, 4) is 11.3 Å². The lowest BCUT2D eigenvalue weighted by Gasteiger charge is -1.96. The third-order valence-corrected chi connectivity index (χ3v) is 3.13. The summed E-state index contributed by atoms with van der Waals surface area (Å²) in [6.45, 7) is 0. The summed E-state index contributed by atoms with van der Waals surface area (Å²) >= 11 is 1.36. The summed E-state index contributed by atoms with van der Waals surface area (Å²) in [6.07, 6.45) is 1.64. The lowest BCUT2D eigenvalue weighted by atomic mass is 10.1. The van der Waals surface area contributed by atoms with Crippen molar-refractivity contribution in [3.05, 3.63) is 52.3 Å². The number of azo groups is 1. The van der Waals surface area contributed by atoms with E-state index in [2.05, 4.69) is 25.4 Å². The van der Waals surface area contributed by atoms with Crippen LogP contribution in [0.5, 0.6) is 0 Å². The molecule has 0 amide bonds. The number of hydrogen-bond acceptors (Lipinski definition) is 5. The fraction of sp³-hybridized carbons (Fsp3) is 0. The average Bonchev–Trinajstić information content (AvgIpc) is 3.07. The van der Waals surface area contributed by atoms with Gasteiger partial charge in [-0.15, -0.1) is 21.6 Å². The number of thiazole rings is 1. The second-order valence-electron chi connectivity index (χ2n) is 3.68. The van der Waals surface area contributed by atoms with Gasteiger partial charge in [0.1, 0.15) is 0 Å². The summed E-state index contributed by atoms with van der Waals surface area (Å²) in [7, 11) is 0. The molecule has 0 saturated heterocycles. The summed E-state index contributed by atoms with van der Waals surface area (Å²) < 4.78 is 0. The van der Waals surface area contributed by atoms with E-state index in [4.69, 9.17) is 0 Å². The smallest absolute Gasteiger partial charge is 0.292 e. The third kappa shape index (κ3) is 2.36. The maximum Gasteiger partial charge on any atom is 0.292 e. The molecule has 0 aliphatic carbocycles. The van der Waals surface area contributed by atoms with Gasteiger partial charge in [0.15, 0.2) is 5.69 Å². The van der Waals surface area contributed by atoms with Crippen LogP contribution in [0.4, 0.5) is 10.8 Å². The van der Waals surface area contributed by atoms with Crippen LogP contribution in [0, 0.1) is 0 Å². The van der Waals surface area contributed by atoms with Crippen molar-refractivity contribution in [1.82, 2.24) is 15.2 Å². The van der Waals surface area contributed by atoms with Gasteiger partial charge in [0.05, 0.1) is 5.69 Å². The zero-order chi connectivity index (χ0) is 13.1. The van der Waals surface area contributed by atoms with Crippen molar-refractivity contribution < 1.29 is 0 Å². The van der Waals surface area contributed by atoms with Crippen molar-refractivity contribution in [2.75, 3.05) is 0 Å². The van der Waals surface area contributed by atoms with Crippen molar-refractivity contribution in [3.63, 3.8) is 0 Å². The summed E-state index contributed by atoms with van der Waals surface area (Å²) in [5.41, 5.74) is 1.43. The Hall–Kier alpha value is -2.54. The van der Waals surface area contributed by atoms with E-state index in [0.717, 1.165) is 5.56 Å². The monoisotopic (exact) mass is 271 g/mol. The van der Waals surface area contributed by atoms with Crippen LogP contribution in [0.25, 0.3) is 11.3 Å². The van der Waals surface area contributed by atoms with Gasteiger partial charge >= 0.3 is 0 Å². The first-order valence-electron chi connectivity index (χ1n) is 5.52. The van der Waals surface area contributed by atoms with E-state index in [1.807, 2.05) is 30.3 Å². The number of nitrogens with one attached hydrogen (secondary N) is 2. The first kappa shape index (κ1) is 11.5. The molecule has 0 unspecified atom stereocenters. The Bertz CT molecular complexity index is 742. The summed E-state index contributed by atoms with van der Waals surface area (Å²) in [4.78, 5) is 15.7. The SMILES string of the molecule is O=c1[nH][nH]c(-c2ccccc2)c1N=Nc1nccs1. The Kier molecular flexibility index (Phi) is 3.03. The molecule has 2 N–H and O–H groups in total. The van der Waals surface area contributed by atoms with Gasteiger partial charge in [-0.2, -0.15) is 0 Å². The summed E-state index contributed by atoms with van der Waals surface area (Å²) in [5.74, 6) is 0. The Morgan fingerprint density at radius 2 is 1.95 bits per heavy atom. The van der Waals surface area contributed by atoms with Crippen LogP contribution in [-0.4, -0.2) is 15.2 Å². The molecular formula is C12H9N5OS. The first-order valence-corrected chi connectivity index (χ1v) is 6.40. The van der Waals surface area contributed by atoms with Crippen LogP contribution < -0.4 is 5.56 Å². The van der Waals surface area contributed by atoms with E-state index < -0.39 is 0 Å². The van der Waals surface area contributed by atoms with Crippen LogP contribution in [0.2, 0.25) is 0 Å². The Morgan fingerprint density at radius 1 is 1.11 bits per heavy atom. The van der Waals surface area contributed by atoms with E-state index in [1.165, 1.54) is 11.3 Å². The first-order chi connectivity index (χ1) is 9.34. The Balaban J connectivity index is 2.02. The Morgan fingerprint density at radius 3 is 2.68 bits per heavy atom. The van der Waals surface area contributed by atoms with Gasteiger partial charge in [-0.3, -0.25) is 15.0 Å². The molecule has 7 heteroatoms. The molecular weight excluding hydrogens is 262 g/mol. The molecule has 0 aliphatic rings. The van der Waals surface area contributed by atoms with Gasteiger partial charge in [-0.05, 0) is 0 Å². The van der Waals surface area contributed by atoms with Crippen molar-refractivity contribution in [2.24, 2.45) is 10.2 Å². The highest BCUT2D eigenvalue weighted by atomic mass is 32.1. The van der Waals surface area contributed by atoms with Crippen molar-refractivity contribution in [1.29, 1.82) is 0 Å². The van der Waals surface area contributed by atoms with Gasteiger partial charge in [0.2, 0.25) is 5.13 Å². The molecule has 0 aliphatic heterocycles. The quantitative estimate of drug-likeness (QED) is 0.716.